The highest BCUT2D eigenvalue weighted by Crippen LogP contribution is 1.98. The van der Waals surface area contributed by atoms with Gasteiger partial charge in [0.05, 0.1) is 25.9 Å². The van der Waals surface area contributed by atoms with Crippen LogP contribution in [-0.2, 0) is 23.7 Å². The van der Waals surface area contributed by atoms with E-state index in [1.807, 2.05) is 36.5 Å². The third-order valence-electron chi connectivity index (χ3n) is 2.43. The molecule has 0 saturated carbocycles. The van der Waals surface area contributed by atoms with E-state index >= 15 is 0 Å². The summed E-state index contributed by atoms with van der Waals surface area (Å²) < 4.78 is 24.6. The Morgan fingerprint density at radius 3 is 1.59 bits per heavy atom. The first-order valence-electron chi connectivity index (χ1n) is 7.23. The number of methoxy groups -OCH3 is 5. The van der Waals surface area contributed by atoms with Gasteiger partial charge in [-0.2, -0.15) is 0 Å². The first-order chi connectivity index (χ1) is 10.8. The molecule has 0 amide bonds. The molecule has 0 radical (unpaired) electrons. The molecule has 1 unspecified atom stereocenters. The predicted molar refractivity (Wildman–Crippen MR) is 90.3 cm³/mol. The summed E-state index contributed by atoms with van der Waals surface area (Å²) in [6.45, 7) is 2.68. The molecule has 0 aromatic rings. The molecule has 0 aliphatic heterocycles. The van der Waals surface area contributed by atoms with Gasteiger partial charge in [-0.3, -0.25) is 0 Å². The van der Waals surface area contributed by atoms with E-state index in [0.717, 1.165) is 13.0 Å². The van der Waals surface area contributed by atoms with E-state index in [9.17, 15) is 0 Å². The fourth-order valence-corrected chi connectivity index (χ4v) is 1.29. The average molecular weight is 316 g/mol. The highest BCUT2D eigenvalue weighted by molar-refractivity contribution is 5.02. The van der Waals surface area contributed by atoms with Gasteiger partial charge in [0, 0.05) is 48.6 Å². The third-order valence-corrected chi connectivity index (χ3v) is 2.43. The van der Waals surface area contributed by atoms with Crippen molar-refractivity contribution in [3.63, 3.8) is 0 Å². The smallest absolute Gasteiger partial charge is 0.0774 e. The Morgan fingerprint density at radius 2 is 1.18 bits per heavy atom. The molecule has 0 aromatic carbocycles. The molecule has 130 valence electrons. The number of hydrogen-bond donors (Lipinski definition) is 0. The maximum Gasteiger partial charge on any atom is 0.0774 e. The Labute approximate surface area is 135 Å². The molecule has 22 heavy (non-hydrogen) atoms. The molecule has 0 saturated heterocycles. The largest absolute Gasteiger partial charge is 0.385 e. The van der Waals surface area contributed by atoms with Gasteiger partial charge >= 0.3 is 0 Å². The van der Waals surface area contributed by atoms with Crippen molar-refractivity contribution in [3.8, 4) is 0 Å². The van der Waals surface area contributed by atoms with Gasteiger partial charge in [-0.1, -0.05) is 36.5 Å². The van der Waals surface area contributed by atoms with Crippen LogP contribution in [0.2, 0.25) is 0 Å². The summed E-state index contributed by atoms with van der Waals surface area (Å²) in [4.78, 5) is 0. The minimum atomic E-state index is 0.139. The van der Waals surface area contributed by atoms with Crippen LogP contribution in [0.25, 0.3) is 0 Å². The maximum atomic E-state index is 5.18. The SMILES string of the molecule is COC/C=C/C(CCOC)OC.COC/C=C/C=C/COC. The van der Waals surface area contributed by atoms with Gasteiger partial charge in [0.15, 0.2) is 0 Å². The minimum absolute atomic E-state index is 0.139. The van der Waals surface area contributed by atoms with Gasteiger partial charge in [-0.25, -0.2) is 0 Å². The molecule has 0 aromatic heterocycles. The summed E-state index contributed by atoms with van der Waals surface area (Å²) in [6, 6.07) is 0. The van der Waals surface area contributed by atoms with E-state index in [2.05, 4.69) is 0 Å². The van der Waals surface area contributed by atoms with E-state index in [-0.39, 0.29) is 6.10 Å². The Hall–Kier alpha value is -0.980. The zero-order valence-electron chi connectivity index (χ0n) is 14.6. The standard InChI is InChI=1S/C9H18O3.C8H14O2/c1-10-7-4-5-9(12-3)6-8-11-2;1-9-7-5-3-4-6-8-10-2/h4-5,9H,6-8H2,1-3H3;3-6H,7-8H2,1-2H3/b5-4+;5-3+,6-4+. The normalized spacial score (nSPS) is 13.0. The number of ether oxygens (including phenoxy) is 5. The molecule has 0 aliphatic rings. The van der Waals surface area contributed by atoms with E-state index in [1.165, 1.54) is 0 Å². The van der Waals surface area contributed by atoms with Crippen LogP contribution < -0.4 is 0 Å². The summed E-state index contributed by atoms with van der Waals surface area (Å²) >= 11 is 0. The monoisotopic (exact) mass is 316 g/mol. The fraction of sp³-hybridized carbons (Fsp3) is 0.647. The summed E-state index contributed by atoms with van der Waals surface area (Å²) in [6.07, 6.45) is 12.7. The van der Waals surface area contributed by atoms with E-state index < -0.39 is 0 Å². The predicted octanol–water partition coefficient (Wildman–Crippen LogP) is 2.63. The van der Waals surface area contributed by atoms with Crippen LogP contribution in [0.3, 0.4) is 0 Å². The number of allylic oxidation sites excluding steroid dienone is 2. The first kappa shape index (κ1) is 23.3. The summed E-state index contributed by atoms with van der Waals surface area (Å²) in [7, 11) is 8.39. The molecule has 1 atom stereocenters. The van der Waals surface area contributed by atoms with Crippen molar-refractivity contribution in [2.45, 2.75) is 12.5 Å². The van der Waals surface area contributed by atoms with Crippen LogP contribution >= 0.6 is 0 Å². The maximum absolute atomic E-state index is 5.18. The molecular formula is C17H32O5. The highest BCUT2D eigenvalue weighted by Gasteiger charge is 2.00. The van der Waals surface area contributed by atoms with Gasteiger partial charge in [-0.15, -0.1) is 0 Å². The topological polar surface area (TPSA) is 46.2 Å². The zero-order valence-corrected chi connectivity index (χ0v) is 14.6. The van der Waals surface area contributed by atoms with Crippen molar-refractivity contribution in [1.82, 2.24) is 0 Å². The summed E-state index contributed by atoms with van der Waals surface area (Å²) in [5.41, 5.74) is 0. The number of hydrogen-bond acceptors (Lipinski definition) is 5. The van der Waals surface area contributed by atoms with Crippen molar-refractivity contribution in [3.05, 3.63) is 36.5 Å². The second-order valence-electron chi connectivity index (χ2n) is 4.21. The Bertz CT molecular complexity index is 260. The Balaban J connectivity index is 0. The van der Waals surface area contributed by atoms with Crippen LogP contribution in [0.5, 0.6) is 0 Å². The molecule has 0 N–H and O–H groups in total. The molecule has 5 heteroatoms. The van der Waals surface area contributed by atoms with Crippen molar-refractivity contribution in [1.29, 1.82) is 0 Å². The molecule has 0 heterocycles. The molecular weight excluding hydrogens is 284 g/mol. The molecule has 0 fully saturated rings. The zero-order chi connectivity index (χ0) is 16.9. The highest BCUT2D eigenvalue weighted by atomic mass is 16.5. The van der Waals surface area contributed by atoms with Gasteiger partial charge in [0.2, 0.25) is 0 Å². The second kappa shape index (κ2) is 22.3. The lowest BCUT2D eigenvalue weighted by molar-refractivity contribution is 0.0957. The van der Waals surface area contributed by atoms with Crippen LogP contribution in [0.1, 0.15) is 6.42 Å². The first-order valence-corrected chi connectivity index (χ1v) is 7.23. The molecule has 0 rings (SSSR count). The van der Waals surface area contributed by atoms with E-state index in [1.54, 1.807) is 35.5 Å². The quantitative estimate of drug-likeness (QED) is 0.409. The van der Waals surface area contributed by atoms with Crippen molar-refractivity contribution in [2.24, 2.45) is 0 Å². The van der Waals surface area contributed by atoms with Crippen molar-refractivity contribution < 1.29 is 23.7 Å². The van der Waals surface area contributed by atoms with Crippen LogP contribution in [-0.4, -0.2) is 68.1 Å². The van der Waals surface area contributed by atoms with E-state index in [4.69, 9.17) is 23.7 Å². The molecule has 0 spiro atoms. The Kier molecular flexibility index (Phi) is 23.6. The van der Waals surface area contributed by atoms with E-state index in [0.29, 0.717) is 19.8 Å². The van der Waals surface area contributed by atoms with Gasteiger partial charge in [-0.05, 0) is 0 Å². The third kappa shape index (κ3) is 21.3. The lowest BCUT2D eigenvalue weighted by Crippen LogP contribution is -2.10. The van der Waals surface area contributed by atoms with Gasteiger partial charge in [0.1, 0.15) is 0 Å². The molecule has 0 bridgehead atoms. The molecule has 5 nitrogen and oxygen atoms in total. The van der Waals surface area contributed by atoms with Crippen LogP contribution in [0, 0.1) is 0 Å². The number of rotatable bonds is 12. The fourth-order valence-electron chi connectivity index (χ4n) is 1.29. The summed E-state index contributed by atoms with van der Waals surface area (Å²) in [5.74, 6) is 0. The second-order valence-corrected chi connectivity index (χ2v) is 4.21. The van der Waals surface area contributed by atoms with Crippen LogP contribution in [0.15, 0.2) is 36.5 Å². The lowest BCUT2D eigenvalue weighted by Gasteiger charge is -2.09. The molecule has 0 aliphatic carbocycles. The minimum Gasteiger partial charge on any atom is -0.385 e. The van der Waals surface area contributed by atoms with Crippen molar-refractivity contribution in [2.75, 3.05) is 62.0 Å². The summed E-state index contributed by atoms with van der Waals surface area (Å²) in [5, 5.41) is 0. The average Bonchev–Trinajstić information content (AvgIpc) is 2.55. The van der Waals surface area contributed by atoms with Crippen LogP contribution in [0.4, 0.5) is 0 Å². The lowest BCUT2D eigenvalue weighted by atomic mass is 10.2. The van der Waals surface area contributed by atoms with Gasteiger partial charge < -0.3 is 23.7 Å². The Morgan fingerprint density at radius 1 is 0.682 bits per heavy atom. The van der Waals surface area contributed by atoms with Gasteiger partial charge in [0.25, 0.3) is 0 Å². The van der Waals surface area contributed by atoms with Crippen molar-refractivity contribution >= 4 is 0 Å².